The Kier molecular flexibility index (Phi) is 4.16. The Morgan fingerprint density at radius 2 is 2.12 bits per heavy atom. The molecule has 0 spiro atoms. The van der Waals surface area contributed by atoms with Gasteiger partial charge in [-0.25, -0.2) is 4.98 Å². The molecule has 4 rings (SSSR count). The van der Waals surface area contributed by atoms with Gasteiger partial charge in [0, 0.05) is 17.8 Å². The van der Waals surface area contributed by atoms with Crippen LogP contribution in [0.3, 0.4) is 0 Å². The predicted octanol–water partition coefficient (Wildman–Crippen LogP) is 1.84. The minimum atomic E-state index is -0.973. The number of rotatable bonds is 5. The third-order valence-electron chi connectivity index (χ3n) is 4.02. The predicted molar refractivity (Wildman–Crippen MR) is 95.3 cm³/mol. The van der Waals surface area contributed by atoms with Gasteiger partial charge in [-0.15, -0.1) is 0 Å². The summed E-state index contributed by atoms with van der Waals surface area (Å²) in [7, 11) is 0. The summed E-state index contributed by atoms with van der Waals surface area (Å²) < 4.78 is 13.1. The monoisotopic (exact) mass is 352 g/mol. The van der Waals surface area contributed by atoms with Crippen molar-refractivity contribution in [3.8, 4) is 17.2 Å². The second-order valence-electron chi connectivity index (χ2n) is 5.89. The molecule has 0 radical (unpaired) electrons. The Morgan fingerprint density at radius 1 is 1.23 bits per heavy atom. The summed E-state index contributed by atoms with van der Waals surface area (Å²) in [4.78, 5) is 16.8. The normalized spacial score (nSPS) is 12.5. The largest absolute Gasteiger partial charge is 0.491 e. The maximum Gasteiger partial charge on any atom is 0.193 e. The van der Waals surface area contributed by atoms with Crippen molar-refractivity contribution in [1.82, 2.24) is 9.38 Å². The van der Waals surface area contributed by atoms with Gasteiger partial charge in [-0.3, -0.25) is 4.79 Å². The summed E-state index contributed by atoms with van der Waals surface area (Å²) in [5, 5.41) is 18.5. The SMILES string of the molecule is O=c1cc(-c2cc3cccn3cn2)oc2ccc(OCC(O)CO)cc12. The summed E-state index contributed by atoms with van der Waals surface area (Å²) in [6.07, 6.45) is 2.58. The highest BCUT2D eigenvalue weighted by molar-refractivity contribution is 5.80. The number of aromatic nitrogens is 2. The molecule has 0 saturated heterocycles. The summed E-state index contributed by atoms with van der Waals surface area (Å²) in [6, 6.07) is 11.9. The Morgan fingerprint density at radius 3 is 2.96 bits per heavy atom. The van der Waals surface area contributed by atoms with Crippen LogP contribution in [0, 0.1) is 0 Å². The van der Waals surface area contributed by atoms with Crippen LogP contribution in [0.15, 0.2) is 64.2 Å². The second-order valence-corrected chi connectivity index (χ2v) is 5.89. The molecule has 1 atom stereocenters. The van der Waals surface area contributed by atoms with E-state index in [9.17, 15) is 9.90 Å². The summed E-state index contributed by atoms with van der Waals surface area (Å²) >= 11 is 0. The molecule has 7 nitrogen and oxygen atoms in total. The zero-order valence-corrected chi connectivity index (χ0v) is 13.7. The van der Waals surface area contributed by atoms with E-state index in [4.69, 9.17) is 14.3 Å². The Labute approximate surface area is 147 Å². The topological polar surface area (TPSA) is 97.2 Å². The van der Waals surface area contributed by atoms with Crippen LogP contribution < -0.4 is 10.2 Å². The highest BCUT2D eigenvalue weighted by Crippen LogP contribution is 2.24. The first-order valence-electron chi connectivity index (χ1n) is 8.07. The molecule has 26 heavy (non-hydrogen) atoms. The molecule has 3 aromatic heterocycles. The molecular formula is C19H16N2O5. The van der Waals surface area contributed by atoms with Gasteiger partial charge in [0.1, 0.15) is 29.7 Å². The van der Waals surface area contributed by atoms with Gasteiger partial charge in [0.25, 0.3) is 0 Å². The van der Waals surface area contributed by atoms with Gasteiger partial charge in [-0.2, -0.15) is 0 Å². The van der Waals surface area contributed by atoms with Crippen LogP contribution in [-0.4, -0.2) is 38.9 Å². The van der Waals surface area contributed by atoms with E-state index in [2.05, 4.69) is 4.98 Å². The van der Waals surface area contributed by atoms with Crippen molar-refractivity contribution in [1.29, 1.82) is 0 Å². The van der Waals surface area contributed by atoms with Crippen LogP contribution in [0.2, 0.25) is 0 Å². The Hall–Kier alpha value is -3.16. The van der Waals surface area contributed by atoms with Crippen molar-refractivity contribution in [2.45, 2.75) is 6.10 Å². The van der Waals surface area contributed by atoms with E-state index in [-0.39, 0.29) is 12.0 Å². The number of fused-ring (bicyclic) bond motifs is 2. The van der Waals surface area contributed by atoms with E-state index < -0.39 is 12.7 Å². The number of hydrogen-bond acceptors (Lipinski definition) is 6. The van der Waals surface area contributed by atoms with Gasteiger partial charge < -0.3 is 23.8 Å². The van der Waals surface area contributed by atoms with Crippen LogP contribution in [0.25, 0.3) is 27.9 Å². The van der Waals surface area contributed by atoms with Gasteiger partial charge in [0.2, 0.25) is 0 Å². The number of nitrogens with zero attached hydrogens (tertiary/aromatic N) is 2. The molecule has 2 N–H and O–H groups in total. The molecule has 0 aliphatic rings. The molecule has 0 aliphatic heterocycles. The van der Waals surface area contributed by atoms with E-state index in [0.717, 1.165) is 5.52 Å². The third kappa shape index (κ3) is 3.05. The summed E-state index contributed by atoms with van der Waals surface area (Å²) in [5.41, 5.74) is 1.72. The highest BCUT2D eigenvalue weighted by Gasteiger charge is 2.11. The minimum absolute atomic E-state index is 0.0628. The van der Waals surface area contributed by atoms with Gasteiger partial charge in [0.05, 0.1) is 18.3 Å². The fourth-order valence-electron chi connectivity index (χ4n) is 2.67. The average Bonchev–Trinajstić information content (AvgIpc) is 3.14. The number of aliphatic hydroxyl groups is 2. The molecule has 3 heterocycles. The number of ether oxygens (including phenoxy) is 1. The molecule has 132 valence electrons. The van der Waals surface area contributed by atoms with Crippen LogP contribution >= 0.6 is 0 Å². The van der Waals surface area contributed by atoms with Crippen LogP contribution in [0.1, 0.15) is 0 Å². The fourth-order valence-corrected chi connectivity index (χ4v) is 2.67. The third-order valence-corrected chi connectivity index (χ3v) is 4.02. The van der Waals surface area contributed by atoms with Gasteiger partial charge in [0.15, 0.2) is 11.2 Å². The first kappa shape index (κ1) is 16.3. The van der Waals surface area contributed by atoms with Crippen molar-refractivity contribution in [3.05, 3.63) is 65.2 Å². The molecule has 1 aromatic carbocycles. The zero-order chi connectivity index (χ0) is 18.1. The number of aliphatic hydroxyl groups excluding tert-OH is 2. The van der Waals surface area contributed by atoms with Crippen molar-refractivity contribution < 1.29 is 19.4 Å². The first-order chi connectivity index (χ1) is 12.6. The maximum absolute atomic E-state index is 12.5. The molecule has 0 saturated carbocycles. The van der Waals surface area contributed by atoms with E-state index in [0.29, 0.717) is 28.2 Å². The van der Waals surface area contributed by atoms with Crippen LogP contribution in [0.5, 0.6) is 5.75 Å². The van der Waals surface area contributed by atoms with Crippen LogP contribution in [-0.2, 0) is 0 Å². The lowest BCUT2D eigenvalue weighted by molar-refractivity contribution is 0.0536. The smallest absolute Gasteiger partial charge is 0.193 e. The van der Waals surface area contributed by atoms with Gasteiger partial charge in [-0.1, -0.05) is 0 Å². The molecule has 4 aromatic rings. The average molecular weight is 352 g/mol. The minimum Gasteiger partial charge on any atom is -0.491 e. The molecule has 0 fully saturated rings. The first-order valence-corrected chi connectivity index (χ1v) is 8.07. The van der Waals surface area contributed by atoms with E-state index in [1.54, 1.807) is 24.5 Å². The van der Waals surface area contributed by atoms with Gasteiger partial charge in [-0.05, 0) is 36.4 Å². The summed E-state index contributed by atoms with van der Waals surface area (Å²) in [6.45, 7) is -0.454. The lowest BCUT2D eigenvalue weighted by atomic mass is 10.2. The van der Waals surface area contributed by atoms with Crippen molar-refractivity contribution in [2.24, 2.45) is 0 Å². The fraction of sp³-hybridized carbons (Fsp3) is 0.158. The second kappa shape index (κ2) is 6.62. The van der Waals surface area contributed by atoms with Crippen LogP contribution in [0.4, 0.5) is 0 Å². The quantitative estimate of drug-likeness (QED) is 0.569. The Bertz CT molecular complexity index is 1130. The standard InChI is InChI=1S/C19H16N2O5/c22-9-13(23)10-25-14-3-4-18-15(7-14)17(24)8-19(26-18)16-6-12-2-1-5-21(12)11-20-16/h1-8,11,13,22-23H,9-10H2. The number of benzene rings is 1. The molecule has 1 unspecified atom stereocenters. The lowest BCUT2D eigenvalue weighted by Gasteiger charge is -2.10. The highest BCUT2D eigenvalue weighted by atomic mass is 16.5. The van der Waals surface area contributed by atoms with E-state index in [1.807, 2.05) is 28.8 Å². The molecule has 7 heteroatoms. The van der Waals surface area contributed by atoms with E-state index >= 15 is 0 Å². The zero-order valence-electron chi connectivity index (χ0n) is 13.7. The lowest BCUT2D eigenvalue weighted by Crippen LogP contribution is -2.21. The number of hydrogen-bond donors (Lipinski definition) is 2. The maximum atomic E-state index is 12.5. The summed E-state index contributed by atoms with van der Waals surface area (Å²) in [5.74, 6) is 0.799. The molecule has 0 bridgehead atoms. The molecule has 0 amide bonds. The molecular weight excluding hydrogens is 336 g/mol. The van der Waals surface area contributed by atoms with Crippen molar-refractivity contribution in [2.75, 3.05) is 13.2 Å². The van der Waals surface area contributed by atoms with Crippen molar-refractivity contribution in [3.63, 3.8) is 0 Å². The molecule has 0 aliphatic carbocycles. The Balaban J connectivity index is 1.71. The van der Waals surface area contributed by atoms with E-state index in [1.165, 1.54) is 6.07 Å². The van der Waals surface area contributed by atoms with Crippen molar-refractivity contribution >= 4 is 16.5 Å². The van der Waals surface area contributed by atoms with Gasteiger partial charge >= 0.3 is 0 Å².